The van der Waals surface area contributed by atoms with E-state index in [9.17, 15) is 9.59 Å². The number of hydrogen-bond donors (Lipinski definition) is 0. The highest BCUT2D eigenvalue weighted by Crippen LogP contribution is 2.19. The molecule has 7 heteroatoms. The summed E-state index contributed by atoms with van der Waals surface area (Å²) in [6.45, 7) is 1.58. The molecule has 0 aliphatic carbocycles. The van der Waals surface area contributed by atoms with Gasteiger partial charge in [-0.2, -0.15) is 0 Å². The first kappa shape index (κ1) is 17.9. The highest BCUT2D eigenvalue weighted by Gasteiger charge is 2.31. The minimum absolute atomic E-state index is 0.0389. The van der Waals surface area contributed by atoms with Gasteiger partial charge in [0.1, 0.15) is 0 Å². The van der Waals surface area contributed by atoms with E-state index in [1.807, 2.05) is 6.07 Å². The number of carbonyl (C=O) groups is 2. The summed E-state index contributed by atoms with van der Waals surface area (Å²) >= 11 is 0. The third kappa shape index (κ3) is 5.01. The molecule has 1 rings (SSSR count). The standard InChI is InChI=1S/C15H21NO6/c1-15(20-3,21-4)22-14(18)16(11-10-13(17)19-2)12-8-6-5-7-9-12/h5-9H,10-11H2,1-4H3. The SMILES string of the molecule is COC(=O)CCN(C(=O)OC(C)(OC)OC)c1ccccc1. The minimum Gasteiger partial charge on any atom is -0.469 e. The van der Waals surface area contributed by atoms with Gasteiger partial charge in [-0.25, -0.2) is 4.79 Å². The molecule has 1 aromatic carbocycles. The minimum atomic E-state index is -1.50. The van der Waals surface area contributed by atoms with Crippen LogP contribution in [0, 0.1) is 0 Å². The second kappa shape index (κ2) is 8.35. The first-order valence-corrected chi connectivity index (χ1v) is 6.68. The van der Waals surface area contributed by atoms with Crippen LogP contribution in [-0.4, -0.2) is 45.9 Å². The Balaban J connectivity index is 2.90. The maximum atomic E-state index is 12.4. The molecule has 0 saturated carbocycles. The molecule has 0 aromatic heterocycles. The molecule has 0 heterocycles. The molecule has 0 aliphatic heterocycles. The quantitative estimate of drug-likeness (QED) is 0.567. The fourth-order valence-corrected chi connectivity index (χ4v) is 1.62. The Kier molecular flexibility index (Phi) is 6.81. The lowest BCUT2D eigenvalue weighted by molar-refractivity contribution is -0.321. The third-order valence-electron chi connectivity index (χ3n) is 3.07. The van der Waals surface area contributed by atoms with Crippen LogP contribution in [0.3, 0.4) is 0 Å². The first-order chi connectivity index (χ1) is 10.5. The zero-order chi connectivity index (χ0) is 16.6. The van der Waals surface area contributed by atoms with Gasteiger partial charge < -0.3 is 18.9 Å². The number of methoxy groups -OCH3 is 3. The van der Waals surface area contributed by atoms with Gasteiger partial charge in [-0.05, 0) is 12.1 Å². The zero-order valence-electron chi connectivity index (χ0n) is 13.2. The normalized spacial score (nSPS) is 10.9. The first-order valence-electron chi connectivity index (χ1n) is 6.68. The summed E-state index contributed by atoms with van der Waals surface area (Å²) in [6, 6.07) is 8.84. The average Bonchev–Trinajstić information content (AvgIpc) is 2.55. The molecule has 0 bridgehead atoms. The van der Waals surface area contributed by atoms with Crippen molar-refractivity contribution in [2.24, 2.45) is 0 Å². The van der Waals surface area contributed by atoms with Gasteiger partial charge in [-0.15, -0.1) is 0 Å². The number of para-hydroxylation sites is 1. The molecule has 0 radical (unpaired) electrons. The summed E-state index contributed by atoms with van der Waals surface area (Å²) in [5.41, 5.74) is 0.589. The number of ether oxygens (including phenoxy) is 4. The smallest absolute Gasteiger partial charge is 0.418 e. The van der Waals surface area contributed by atoms with Gasteiger partial charge in [0.15, 0.2) is 0 Å². The third-order valence-corrected chi connectivity index (χ3v) is 3.07. The van der Waals surface area contributed by atoms with Crippen molar-refractivity contribution in [3.8, 4) is 0 Å². The Bertz CT molecular complexity index is 486. The lowest BCUT2D eigenvalue weighted by atomic mass is 10.3. The zero-order valence-corrected chi connectivity index (χ0v) is 13.2. The largest absolute Gasteiger partial charge is 0.469 e. The van der Waals surface area contributed by atoms with Gasteiger partial charge in [0.05, 0.1) is 13.5 Å². The van der Waals surface area contributed by atoms with Crippen LogP contribution < -0.4 is 4.90 Å². The van der Waals surface area contributed by atoms with E-state index in [0.29, 0.717) is 5.69 Å². The number of hydrogen-bond acceptors (Lipinski definition) is 6. The number of carbonyl (C=O) groups excluding carboxylic acids is 2. The lowest BCUT2D eigenvalue weighted by Gasteiger charge is -2.29. The van der Waals surface area contributed by atoms with Crippen molar-refractivity contribution in [3.63, 3.8) is 0 Å². The topological polar surface area (TPSA) is 74.3 Å². The van der Waals surface area contributed by atoms with E-state index in [1.54, 1.807) is 24.3 Å². The van der Waals surface area contributed by atoms with Gasteiger partial charge in [-0.3, -0.25) is 9.69 Å². The summed E-state index contributed by atoms with van der Waals surface area (Å²) in [6.07, 6.45) is -0.654. The van der Waals surface area contributed by atoms with Gasteiger partial charge in [0.25, 0.3) is 0 Å². The molecule has 0 saturated heterocycles. The van der Waals surface area contributed by atoms with E-state index in [0.717, 1.165) is 0 Å². The van der Waals surface area contributed by atoms with E-state index < -0.39 is 18.0 Å². The molecule has 0 spiro atoms. The maximum absolute atomic E-state index is 12.4. The van der Waals surface area contributed by atoms with Crippen LogP contribution in [-0.2, 0) is 23.7 Å². The summed E-state index contributed by atoms with van der Waals surface area (Å²) < 4.78 is 19.8. The number of amides is 1. The molecule has 1 amide bonds. The Morgan fingerprint density at radius 1 is 1.09 bits per heavy atom. The highest BCUT2D eigenvalue weighted by atomic mass is 16.9. The molecule has 22 heavy (non-hydrogen) atoms. The van der Waals surface area contributed by atoms with Crippen LogP contribution in [0.25, 0.3) is 0 Å². The van der Waals surface area contributed by atoms with Crippen molar-refractivity contribution in [2.45, 2.75) is 19.3 Å². The number of rotatable bonds is 7. The summed E-state index contributed by atoms with van der Waals surface area (Å²) in [7, 11) is 4.01. The molecule has 122 valence electrons. The molecule has 0 fully saturated rings. The van der Waals surface area contributed by atoms with Crippen LogP contribution in [0.5, 0.6) is 0 Å². The van der Waals surface area contributed by atoms with Gasteiger partial charge in [0.2, 0.25) is 0 Å². The van der Waals surface area contributed by atoms with Crippen molar-refractivity contribution in [2.75, 3.05) is 32.8 Å². The second-order valence-corrected chi connectivity index (χ2v) is 4.45. The molecule has 0 atom stereocenters. The lowest BCUT2D eigenvalue weighted by Crippen LogP contribution is -2.42. The second-order valence-electron chi connectivity index (χ2n) is 4.45. The molecular formula is C15H21NO6. The number of nitrogens with zero attached hydrogens (tertiary/aromatic N) is 1. The molecule has 0 N–H and O–H groups in total. The monoisotopic (exact) mass is 311 g/mol. The Morgan fingerprint density at radius 3 is 2.18 bits per heavy atom. The van der Waals surface area contributed by atoms with Crippen LogP contribution in [0.1, 0.15) is 13.3 Å². The molecule has 0 aliphatic rings. The van der Waals surface area contributed by atoms with E-state index in [1.165, 1.54) is 33.2 Å². The number of benzene rings is 1. The van der Waals surface area contributed by atoms with Crippen LogP contribution in [0.2, 0.25) is 0 Å². The summed E-state index contributed by atoms with van der Waals surface area (Å²) in [4.78, 5) is 25.0. The van der Waals surface area contributed by atoms with E-state index in [-0.39, 0.29) is 13.0 Å². The summed E-state index contributed by atoms with van der Waals surface area (Å²) in [5.74, 6) is -1.93. The van der Waals surface area contributed by atoms with Crippen molar-refractivity contribution in [1.29, 1.82) is 0 Å². The van der Waals surface area contributed by atoms with Gasteiger partial charge >= 0.3 is 18.0 Å². The maximum Gasteiger partial charge on any atom is 0.418 e. The average molecular weight is 311 g/mol. The fraction of sp³-hybridized carbons (Fsp3) is 0.467. The number of esters is 1. The molecule has 1 aromatic rings. The van der Waals surface area contributed by atoms with Crippen LogP contribution in [0.15, 0.2) is 30.3 Å². The summed E-state index contributed by atoms with van der Waals surface area (Å²) in [5, 5.41) is 0. The van der Waals surface area contributed by atoms with Crippen molar-refractivity contribution < 1.29 is 28.5 Å². The van der Waals surface area contributed by atoms with E-state index in [2.05, 4.69) is 4.74 Å². The van der Waals surface area contributed by atoms with Crippen LogP contribution in [0.4, 0.5) is 10.5 Å². The predicted molar refractivity (Wildman–Crippen MR) is 79.3 cm³/mol. The van der Waals surface area contributed by atoms with E-state index in [4.69, 9.17) is 14.2 Å². The Hall–Kier alpha value is -2.12. The Labute approximate surface area is 129 Å². The van der Waals surface area contributed by atoms with Gasteiger partial charge in [0, 0.05) is 33.4 Å². The predicted octanol–water partition coefficient (Wildman–Crippen LogP) is 2.16. The highest BCUT2D eigenvalue weighted by molar-refractivity contribution is 5.88. The Morgan fingerprint density at radius 2 is 1.68 bits per heavy atom. The van der Waals surface area contributed by atoms with E-state index >= 15 is 0 Å². The molecule has 0 unspecified atom stereocenters. The fourth-order valence-electron chi connectivity index (χ4n) is 1.62. The van der Waals surface area contributed by atoms with Crippen LogP contribution >= 0.6 is 0 Å². The van der Waals surface area contributed by atoms with Crippen molar-refractivity contribution in [1.82, 2.24) is 0 Å². The molecule has 7 nitrogen and oxygen atoms in total. The van der Waals surface area contributed by atoms with Crippen molar-refractivity contribution >= 4 is 17.7 Å². The molecular weight excluding hydrogens is 290 g/mol. The van der Waals surface area contributed by atoms with Crippen molar-refractivity contribution in [3.05, 3.63) is 30.3 Å². The number of anilines is 1. The van der Waals surface area contributed by atoms with Gasteiger partial charge in [-0.1, -0.05) is 18.2 Å².